The van der Waals surface area contributed by atoms with Gasteiger partial charge >= 0.3 is 0 Å². The summed E-state index contributed by atoms with van der Waals surface area (Å²) in [5, 5.41) is 15.4. The quantitative estimate of drug-likeness (QED) is 0.377. The van der Waals surface area contributed by atoms with Gasteiger partial charge in [-0.05, 0) is 57.9 Å². The molecule has 0 aliphatic heterocycles. The van der Waals surface area contributed by atoms with Gasteiger partial charge in [-0.3, -0.25) is 4.90 Å². The molecule has 3 aromatic rings. The van der Waals surface area contributed by atoms with Gasteiger partial charge in [-0.1, -0.05) is 44.2 Å². The summed E-state index contributed by atoms with van der Waals surface area (Å²) in [5.41, 5.74) is 2.14. The number of rotatable bonds is 11. The molecule has 0 saturated carbocycles. The second kappa shape index (κ2) is 11.8. The van der Waals surface area contributed by atoms with Gasteiger partial charge in [0.1, 0.15) is 0 Å². The molecule has 0 unspecified atom stereocenters. The average molecular weight is 484 g/mol. The second-order valence-corrected chi connectivity index (χ2v) is 10.3. The van der Waals surface area contributed by atoms with Crippen LogP contribution in [-0.2, 0) is 11.3 Å². The molecule has 0 amide bonds. The van der Waals surface area contributed by atoms with Crippen molar-refractivity contribution in [2.45, 2.75) is 59.8 Å². The Morgan fingerprint density at radius 3 is 2.31 bits per heavy atom. The SMILES string of the molecule is Cc1nn(-c2ccccc2)c(Oc2ccccc2F)c1CN(CC(C)C)C[C@H](O)COC(C)(C)C. The van der Waals surface area contributed by atoms with Crippen molar-refractivity contribution in [2.24, 2.45) is 5.92 Å². The number of hydrogen-bond acceptors (Lipinski definition) is 5. The Morgan fingerprint density at radius 1 is 1.03 bits per heavy atom. The minimum Gasteiger partial charge on any atom is -0.435 e. The summed E-state index contributed by atoms with van der Waals surface area (Å²) in [7, 11) is 0. The summed E-state index contributed by atoms with van der Waals surface area (Å²) in [6.07, 6.45) is -0.645. The van der Waals surface area contributed by atoms with E-state index in [1.807, 2.05) is 58.0 Å². The highest BCUT2D eigenvalue weighted by Gasteiger charge is 2.24. The van der Waals surface area contributed by atoms with Gasteiger partial charge in [0.05, 0.1) is 35.3 Å². The lowest BCUT2D eigenvalue weighted by atomic mass is 10.1. The van der Waals surface area contributed by atoms with Crippen LogP contribution >= 0.6 is 0 Å². The predicted octanol–water partition coefficient (Wildman–Crippen LogP) is 5.75. The number of nitrogens with zero attached hydrogens (tertiary/aromatic N) is 3. The van der Waals surface area contributed by atoms with Crippen LogP contribution in [0.1, 0.15) is 45.9 Å². The van der Waals surface area contributed by atoms with Crippen LogP contribution in [0, 0.1) is 18.7 Å². The Balaban J connectivity index is 1.94. The number of aliphatic hydroxyl groups is 1. The first-order chi connectivity index (χ1) is 16.5. The molecule has 190 valence electrons. The van der Waals surface area contributed by atoms with E-state index in [0.29, 0.717) is 24.9 Å². The van der Waals surface area contributed by atoms with Gasteiger partial charge in [0, 0.05) is 19.6 Å². The van der Waals surface area contributed by atoms with Crippen molar-refractivity contribution in [3.8, 4) is 17.3 Å². The fourth-order valence-corrected chi connectivity index (χ4v) is 3.84. The van der Waals surface area contributed by atoms with E-state index in [-0.39, 0.29) is 18.0 Å². The average Bonchev–Trinajstić information content (AvgIpc) is 3.08. The molecule has 0 bridgehead atoms. The highest BCUT2D eigenvalue weighted by molar-refractivity contribution is 5.43. The van der Waals surface area contributed by atoms with Crippen molar-refractivity contribution in [1.82, 2.24) is 14.7 Å². The molecular formula is C28H38FN3O3. The Kier molecular flexibility index (Phi) is 9.05. The number of ether oxygens (including phenoxy) is 2. The van der Waals surface area contributed by atoms with Crippen molar-refractivity contribution in [3.05, 3.63) is 71.7 Å². The van der Waals surface area contributed by atoms with Crippen LogP contribution in [0.2, 0.25) is 0 Å². The molecule has 7 heteroatoms. The molecule has 0 radical (unpaired) electrons. The summed E-state index contributed by atoms with van der Waals surface area (Å²) in [6.45, 7) is 14.1. The third-order valence-corrected chi connectivity index (χ3v) is 5.36. The van der Waals surface area contributed by atoms with E-state index < -0.39 is 11.9 Å². The summed E-state index contributed by atoms with van der Waals surface area (Å²) in [5.74, 6) is 0.546. The zero-order chi connectivity index (χ0) is 25.6. The molecule has 1 N–H and O–H groups in total. The normalized spacial score (nSPS) is 13.0. The fraction of sp³-hybridized carbons (Fsp3) is 0.464. The standard InChI is InChI=1S/C28H38FN3O3/c1-20(2)16-31(17-23(33)19-34-28(4,5)6)18-24-21(3)30-32(22-12-8-7-9-13-22)27(24)35-26-15-11-10-14-25(26)29/h7-15,20,23,33H,16-19H2,1-6H3/t23-/m0/s1. The smallest absolute Gasteiger partial charge is 0.227 e. The number of benzene rings is 2. The lowest BCUT2D eigenvalue weighted by Crippen LogP contribution is -2.38. The molecule has 0 fully saturated rings. The first-order valence-corrected chi connectivity index (χ1v) is 12.1. The van der Waals surface area contributed by atoms with Crippen LogP contribution in [-0.4, -0.2) is 51.2 Å². The third-order valence-electron chi connectivity index (χ3n) is 5.36. The van der Waals surface area contributed by atoms with E-state index in [0.717, 1.165) is 23.5 Å². The molecule has 0 aliphatic carbocycles. The molecule has 0 saturated heterocycles. The van der Waals surface area contributed by atoms with Gasteiger partial charge in [-0.15, -0.1) is 0 Å². The lowest BCUT2D eigenvalue weighted by Gasteiger charge is -2.28. The van der Waals surface area contributed by atoms with E-state index in [2.05, 4.69) is 18.7 Å². The largest absolute Gasteiger partial charge is 0.435 e. The van der Waals surface area contributed by atoms with Gasteiger partial charge in [-0.2, -0.15) is 5.10 Å². The topological polar surface area (TPSA) is 59.8 Å². The maximum Gasteiger partial charge on any atom is 0.227 e. The number of aromatic nitrogens is 2. The van der Waals surface area contributed by atoms with Gasteiger partial charge in [0.2, 0.25) is 5.88 Å². The van der Waals surface area contributed by atoms with Crippen LogP contribution in [0.5, 0.6) is 11.6 Å². The summed E-state index contributed by atoms with van der Waals surface area (Å²) >= 11 is 0. The van der Waals surface area contributed by atoms with E-state index in [1.54, 1.807) is 22.9 Å². The van der Waals surface area contributed by atoms with Crippen molar-refractivity contribution in [2.75, 3.05) is 19.7 Å². The third kappa shape index (κ3) is 7.88. The first kappa shape index (κ1) is 26.9. The molecule has 6 nitrogen and oxygen atoms in total. The van der Waals surface area contributed by atoms with Gasteiger partial charge in [0.25, 0.3) is 0 Å². The molecule has 1 atom stereocenters. The molecule has 0 spiro atoms. The Hall–Kier alpha value is -2.74. The number of hydrogen-bond donors (Lipinski definition) is 1. The highest BCUT2D eigenvalue weighted by atomic mass is 19.1. The van der Waals surface area contributed by atoms with E-state index in [4.69, 9.17) is 14.6 Å². The van der Waals surface area contributed by atoms with Crippen molar-refractivity contribution >= 4 is 0 Å². The molecule has 3 rings (SSSR count). The predicted molar refractivity (Wildman–Crippen MR) is 137 cm³/mol. The number of halogens is 1. The first-order valence-electron chi connectivity index (χ1n) is 12.1. The molecule has 0 aliphatic rings. The Labute approximate surface area is 208 Å². The summed E-state index contributed by atoms with van der Waals surface area (Å²) in [4.78, 5) is 2.18. The van der Waals surface area contributed by atoms with Crippen LogP contribution in [0.3, 0.4) is 0 Å². The zero-order valence-electron chi connectivity index (χ0n) is 21.7. The van der Waals surface area contributed by atoms with Crippen LogP contribution in [0.4, 0.5) is 4.39 Å². The minimum absolute atomic E-state index is 0.139. The van der Waals surface area contributed by atoms with Gasteiger partial charge in [0.15, 0.2) is 11.6 Å². The molecule has 35 heavy (non-hydrogen) atoms. The molecule has 1 aromatic heterocycles. The van der Waals surface area contributed by atoms with E-state index in [9.17, 15) is 9.50 Å². The fourth-order valence-electron chi connectivity index (χ4n) is 3.84. The molecule has 2 aromatic carbocycles. The number of aryl methyl sites for hydroxylation is 1. The van der Waals surface area contributed by atoms with Crippen LogP contribution in [0.15, 0.2) is 54.6 Å². The maximum atomic E-state index is 14.5. The molecule has 1 heterocycles. The Morgan fingerprint density at radius 2 is 1.69 bits per heavy atom. The highest BCUT2D eigenvalue weighted by Crippen LogP contribution is 2.33. The Bertz CT molecular complexity index is 1080. The second-order valence-electron chi connectivity index (χ2n) is 10.3. The summed E-state index contributed by atoms with van der Waals surface area (Å²) < 4.78 is 28.2. The molecular weight excluding hydrogens is 445 g/mol. The monoisotopic (exact) mass is 483 g/mol. The maximum absolute atomic E-state index is 14.5. The van der Waals surface area contributed by atoms with Gasteiger partial charge < -0.3 is 14.6 Å². The van der Waals surface area contributed by atoms with Crippen molar-refractivity contribution < 1.29 is 19.0 Å². The zero-order valence-corrected chi connectivity index (χ0v) is 21.7. The number of para-hydroxylation sites is 2. The van der Waals surface area contributed by atoms with Crippen molar-refractivity contribution in [1.29, 1.82) is 0 Å². The van der Waals surface area contributed by atoms with Crippen LogP contribution in [0.25, 0.3) is 5.69 Å². The number of aliphatic hydroxyl groups excluding tert-OH is 1. The van der Waals surface area contributed by atoms with Crippen LogP contribution < -0.4 is 4.74 Å². The van der Waals surface area contributed by atoms with Gasteiger partial charge in [-0.25, -0.2) is 9.07 Å². The van der Waals surface area contributed by atoms with Crippen molar-refractivity contribution in [3.63, 3.8) is 0 Å². The summed E-state index contributed by atoms with van der Waals surface area (Å²) in [6, 6.07) is 16.0. The minimum atomic E-state index is -0.645. The van der Waals surface area contributed by atoms with E-state index in [1.165, 1.54) is 6.07 Å². The van der Waals surface area contributed by atoms with E-state index >= 15 is 0 Å². The lowest BCUT2D eigenvalue weighted by molar-refractivity contribution is -0.0573.